The standard InChI is InChI=1S/C11H17N3OS/c1-8-10(3-5-12-8)11(15)13-4-2-9-6-16-7-14-9/h6-8,10,12H,2-5H2,1H3,(H,13,15). The molecule has 2 unspecified atom stereocenters. The first-order chi connectivity index (χ1) is 7.77. The second-order valence-electron chi connectivity index (χ2n) is 4.16. The van der Waals surface area contributed by atoms with E-state index in [4.69, 9.17) is 0 Å². The number of carbonyl (C=O) groups excluding carboxylic acids is 1. The van der Waals surface area contributed by atoms with Crippen LogP contribution in [-0.4, -0.2) is 30.0 Å². The molecule has 4 nitrogen and oxygen atoms in total. The SMILES string of the molecule is CC1NCCC1C(=O)NCCc1cscn1. The Morgan fingerprint density at radius 1 is 1.75 bits per heavy atom. The van der Waals surface area contributed by atoms with Crippen LogP contribution in [0.4, 0.5) is 0 Å². The molecule has 0 saturated carbocycles. The van der Waals surface area contributed by atoms with Crippen LogP contribution in [-0.2, 0) is 11.2 Å². The first kappa shape index (κ1) is 11.5. The quantitative estimate of drug-likeness (QED) is 0.817. The first-order valence-corrected chi connectivity index (χ1v) is 6.60. The normalized spacial score (nSPS) is 24.6. The average Bonchev–Trinajstić information content (AvgIpc) is 2.88. The maximum Gasteiger partial charge on any atom is 0.224 e. The van der Waals surface area contributed by atoms with E-state index >= 15 is 0 Å². The number of aromatic nitrogens is 1. The second-order valence-corrected chi connectivity index (χ2v) is 4.88. The molecule has 2 N–H and O–H groups in total. The molecule has 0 aromatic carbocycles. The molecule has 2 atom stereocenters. The van der Waals surface area contributed by atoms with E-state index in [0.29, 0.717) is 12.6 Å². The number of nitrogens with zero attached hydrogens (tertiary/aromatic N) is 1. The summed E-state index contributed by atoms with van der Waals surface area (Å²) < 4.78 is 0. The minimum atomic E-state index is 0.135. The molecule has 1 aliphatic rings. The van der Waals surface area contributed by atoms with Crippen molar-refractivity contribution in [2.75, 3.05) is 13.1 Å². The highest BCUT2D eigenvalue weighted by atomic mass is 32.1. The molecule has 0 spiro atoms. The number of rotatable bonds is 4. The van der Waals surface area contributed by atoms with E-state index in [9.17, 15) is 4.79 Å². The molecule has 1 fully saturated rings. The van der Waals surface area contributed by atoms with Gasteiger partial charge >= 0.3 is 0 Å². The Labute approximate surface area is 99.5 Å². The fourth-order valence-electron chi connectivity index (χ4n) is 2.02. The lowest BCUT2D eigenvalue weighted by Gasteiger charge is -2.14. The molecule has 0 bridgehead atoms. The molecule has 1 aromatic heterocycles. The van der Waals surface area contributed by atoms with E-state index < -0.39 is 0 Å². The van der Waals surface area contributed by atoms with Crippen LogP contribution in [0, 0.1) is 5.92 Å². The molecular formula is C11H17N3OS. The molecular weight excluding hydrogens is 222 g/mol. The number of hydrogen-bond donors (Lipinski definition) is 2. The lowest BCUT2D eigenvalue weighted by molar-refractivity contribution is -0.125. The monoisotopic (exact) mass is 239 g/mol. The van der Waals surface area contributed by atoms with E-state index in [-0.39, 0.29) is 11.8 Å². The van der Waals surface area contributed by atoms with Gasteiger partial charge in [0.25, 0.3) is 0 Å². The molecule has 1 aliphatic heterocycles. The third kappa shape index (κ3) is 2.80. The van der Waals surface area contributed by atoms with Gasteiger partial charge in [0.1, 0.15) is 0 Å². The number of hydrogen-bond acceptors (Lipinski definition) is 4. The lowest BCUT2D eigenvalue weighted by atomic mass is 10.0. The second kappa shape index (κ2) is 5.41. The van der Waals surface area contributed by atoms with E-state index in [1.54, 1.807) is 11.3 Å². The van der Waals surface area contributed by atoms with Gasteiger partial charge in [0, 0.05) is 24.4 Å². The lowest BCUT2D eigenvalue weighted by Crippen LogP contribution is -2.37. The zero-order valence-corrected chi connectivity index (χ0v) is 10.2. The molecule has 1 amide bonds. The van der Waals surface area contributed by atoms with Crippen molar-refractivity contribution in [3.63, 3.8) is 0 Å². The molecule has 0 radical (unpaired) electrons. The summed E-state index contributed by atoms with van der Waals surface area (Å²) in [5.41, 5.74) is 2.88. The minimum absolute atomic E-state index is 0.135. The van der Waals surface area contributed by atoms with Gasteiger partial charge in [0.05, 0.1) is 17.1 Å². The minimum Gasteiger partial charge on any atom is -0.355 e. The highest BCUT2D eigenvalue weighted by Gasteiger charge is 2.28. The summed E-state index contributed by atoms with van der Waals surface area (Å²) in [5.74, 6) is 0.308. The predicted octanol–water partition coefficient (Wildman–Crippen LogP) is 0.800. The predicted molar refractivity (Wildman–Crippen MR) is 64.4 cm³/mol. The molecule has 16 heavy (non-hydrogen) atoms. The average molecular weight is 239 g/mol. The number of nitrogens with one attached hydrogen (secondary N) is 2. The van der Waals surface area contributed by atoms with Gasteiger partial charge in [0.2, 0.25) is 5.91 Å². The summed E-state index contributed by atoms with van der Waals surface area (Å²) in [6.07, 6.45) is 1.77. The number of thiazole rings is 1. The van der Waals surface area contributed by atoms with Crippen molar-refractivity contribution in [3.8, 4) is 0 Å². The first-order valence-electron chi connectivity index (χ1n) is 5.65. The van der Waals surface area contributed by atoms with Gasteiger partial charge in [-0.1, -0.05) is 0 Å². The number of carbonyl (C=O) groups is 1. The number of amides is 1. The van der Waals surface area contributed by atoms with Crippen molar-refractivity contribution in [2.45, 2.75) is 25.8 Å². The Balaban J connectivity index is 1.71. The summed E-state index contributed by atoms with van der Waals surface area (Å²) in [6.45, 7) is 3.70. The zero-order chi connectivity index (χ0) is 11.4. The van der Waals surface area contributed by atoms with E-state index in [0.717, 1.165) is 25.1 Å². The van der Waals surface area contributed by atoms with Crippen LogP contribution in [0.5, 0.6) is 0 Å². The van der Waals surface area contributed by atoms with Gasteiger partial charge in [-0.25, -0.2) is 4.98 Å². The summed E-state index contributed by atoms with van der Waals surface area (Å²) in [4.78, 5) is 16.0. The maximum absolute atomic E-state index is 11.8. The van der Waals surface area contributed by atoms with Crippen LogP contribution in [0.2, 0.25) is 0 Å². The zero-order valence-electron chi connectivity index (χ0n) is 9.40. The van der Waals surface area contributed by atoms with Gasteiger partial charge in [-0.05, 0) is 19.9 Å². The molecule has 1 aromatic rings. The van der Waals surface area contributed by atoms with Crippen molar-refractivity contribution in [3.05, 3.63) is 16.6 Å². The van der Waals surface area contributed by atoms with Crippen LogP contribution in [0.3, 0.4) is 0 Å². The van der Waals surface area contributed by atoms with Gasteiger partial charge in [-0.15, -0.1) is 11.3 Å². The molecule has 2 rings (SSSR count). The van der Waals surface area contributed by atoms with Crippen LogP contribution in [0.25, 0.3) is 0 Å². The Bertz CT molecular complexity index is 339. The third-order valence-corrected chi connectivity index (χ3v) is 3.66. The van der Waals surface area contributed by atoms with Crippen LogP contribution in [0.1, 0.15) is 19.0 Å². The summed E-state index contributed by atoms with van der Waals surface area (Å²) in [6, 6.07) is 0.305. The van der Waals surface area contributed by atoms with Crippen LogP contribution < -0.4 is 10.6 Å². The summed E-state index contributed by atoms with van der Waals surface area (Å²) >= 11 is 1.59. The van der Waals surface area contributed by atoms with Gasteiger partial charge in [-0.2, -0.15) is 0 Å². The van der Waals surface area contributed by atoms with Crippen molar-refractivity contribution in [2.24, 2.45) is 5.92 Å². The maximum atomic E-state index is 11.8. The van der Waals surface area contributed by atoms with Gasteiger partial charge in [-0.3, -0.25) is 4.79 Å². The molecule has 1 saturated heterocycles. The van der Waals surface area contributed by atoms with E-state index in [2.05, 4.69) is 22.5 Å². The summed E-state index contributed by atoms with van der Waals surface area (Å²) in [5, 5.41) is 8.28. The molecule has 0 aliphatic carbocycles. The highest BCUT2D eigenvalue weighted by Crippen LogP contribution is 2.14. The van der Waals surface area contributed by atoms with Crippen molar-refractivity contribution < 1.29 is 4.79 Å². The summed E-state index contributed by atoms with van der Waals surface area (Å²) in [7, 11) is 0. The highest BCUT2D eigenvalue weighted by molar-refractivity contribution is 7.07. The fraction of sp³-hybridized carbons (Fsp3) is 0.636. The Morgan fingerprint density at radius 2 is 2.62 bits per heavy atom. The Hall–Kier alpha value is -0.940. The molecule has 5 heteroatoms. The van der Waals surface area contributed by atoms with Crippen molar-refractivity contribution in [1.29, 1.82) is 0 Å². The van der Waals surface area contributed by atoms with Crippen LogP contribution in [0.15, 0.2) is 10.9 Å². The fourth-order valence-corrected chi connectivity index (χ4v) is 2.62. The Morgan fingerprint density at radius 3 is 3.25 bits per heavy atom. The Kier molecular flexibility index (Phi) is 3.90. The van der Waals surface area contributed by atoms with Crippen molar-refractivity contribution in [1.82, 2.24) is 15.6 Å². The largest absolute Gasteiger partial charge is 0.355 e. The van der Waals surface area contributed by atoms with E-state index in [1.807, 2.05) is 10.9 Å². The third-order valence-electron chi connectivity index (χ3n) is 3.03. The van der Waals surface area contributed by atoms with Crippen molar-refractivity contribution >= 4 is 17.2 Å². The van der Waals surface area contributed by atoms with Gasteiger partial charge in [0.15, 0.2) is 0 Å². The topological polar surface area (TPSA) is 54.0 Å². The van der Waals surface area contributed by atoms with E-state index in [1.165, 1.54) is 0 Å². The molecule has 2 heterocycles. The smallest absolute Gasteiger partial charge is 0.224 e. The molecule has 88 valence electrons. The van der Waals surface area contributed by atoms with Crippen LogP contribution >= 0.6 is 11.3 Å². The van der Waals surface area contributed by atoms with Gasteiger partial charge < -0.3 is 10.6 Å².